The average molecular weight is 247 g/mol. The third kappa shape index (κ3) is 3.11. The topological polar surface area (TPSA) is 26.3 Å². The zero-order valence-electron chi connectivity index (χ0n) is 8.64. The normalized spacial score (nSPS) is 10.1. The lowest BCUT2D eigenvalue weighted by atomic mass is 10.0. The molecule has 2 nitrogen and oxygen atoms in total. The molecular formula is C11H12Cl2O2. The lowest BCUT2D eigenvalue weighted by molar-refractivity contribution is -0.139. The van der Waals surface area contributed by atoms with Gasteiger partial charge in [0, 0.05) is 10.9 Å². The molecule has 0 amide bonds. The Labute approximate surface area is 99.1 Å². The summed E-state index contributed by atoms with van der Waals surface area (Å²) in [4.78, 5) is 11.1. The van der Waals surface area contributed by atoms with Crippen molar-refractivity contribution >= 4 is 29.2 Å². The van der Waals surface area contributed by atoms with Crippen LogP contribution in [0.25, 0.3) is 0 Å². The van der Waals surface area contributed by atoms with Crippen molar-refractivity contribution in [2.45, 2.75) is 19.2 Å². The molecule has 0 saturated carbocycles. The van der Waals surface area contributed by atoms with Gasteiger partial charge in [0.25, 0.3) is 0 Å². The minimum atomic E-state index is -0.303. The maximum atomic E-state index is 11.1. The molecule has 0 unspecified atom stereocenters. The number of rotatable bonds is 3. The number of halogens is 2. The van der Waals surface area contributed by atoms with Gasteiger partial charge in [-0.25, -0.2) is 0 Å². The first kappa shape index (κ1) is 12.3. The molecule has 0 aliphatic heterocycles. The maximum absolute atomic E-state index is 11.1. The third-order valence-electron chi connectivity index (χ3n) is 2.11. The number of benzene rings is 1. The highest BCUT2D eigenvalue weighted by molar-refractivity contribution is 6.32. The number of carbonyl (C=O) groups excluding carboxylic acids is 1. The monoisotopic (exact) mass is 246 g/mol. The van der Waals surface area contributed by atoms with Gasteiger partial charge in [0.15, 0.2) is 0 Å². The Kier molecular flexibility index (Phi) is 4.43. The molecule has 1 rings (SSSR count). The SMILES string of the molecule is COC(=O)Cc1cc(CCl)cc(C)c1Cl. The highest BCUT2D eigenvalue weighted by atomic mass is 35.5. The number of hydrogen-bond donors (Lipinski definition) is 0. The maximum Gasteiger partial charge on any atom is 0.310 e. The standard InChI is InChI=1S/C11H12Cl2O2/c1-7-3-8(6-12)4-9(11(7)13)5-10(14)15-2/h3-4H,5-6H2,1-2H3. The second-order valence-electron chi connectivity index (χ2n) is 3.27. The van der Waals surface area contributed by atoms with Crippen LogP contribution in [0.15, 0.2) is 12.1 Å². The summed E-state index contributed by atoms with van der Waals surface area (Å²) < 4.78 is 4.59. The van der Waals surface area contributed by atoms with Crippen LogP contribution in [0.4, 0.5) is 0 Å². The van der Waals surface area contributed by atoms with Gasteiger partial charge in [0.2, 0.25) is 0 Å². The van der Waals surface area contributed by atoms with Gasteiger partial charge >= 0.3 is 5.97 Å². The fourth-order valence-electron chi connectivity index (χ4n) is 1.36. The van der Waals surface area contributed by atoms with Crippen LogP contribution in [-0.4, -0.2) is 13.1 Å². The smallest absolute Gasteiger partial charge is 0.310 e. The number of aryl methyl sites for hydroxylation is 1. The number of methoxy groups -OCH3 is 1. The van der Waals surface area contributed by atoms with E-state index in [4.69, 9.17) is 23.2 Å². The van der Waals surface area contributed by atoms with Gasteiger partial charge in [-0.3, -0.25) is 4.79 Å². The second-order valence-corrected chi connectivity index (χ2v) is 3.92. The Bertz CT molecular complexity index is 375. The summed E-state index contributed by atoms with van der Waals surface area (Å²) in [5.74, 6) is 0.106. The van der Waals surface area contributed by atoms with E-state index in [9.17, 15) is 4.79 Å². The first-order chi connectivity index (χ1) is 7.08. The summed E-state index contributed by atoms with van der Waals surface area (Å²) in [5.41, 5.74) is 2.64. The van der Waals surface area contributed by atoms with Crippen LogP contribution in [0.1, 0.15) is 16.7 Å². The van der Waals surface area contributed by atoms with E-state index in [-0.39, 0.29) is 12.4 Å². The van der Waals surface area contributed by atoms with Crippen LogP contribution in [0.5, 0.6) is 0 Å². The third-order valence-corrected chi connectivity index (χ3v) is 2.96. The fourth-order valence-corrected chi connectivity index (χ4v) is 1.69. The van der Waals surface area contributed by atoms with Gasteiger partial charge < -0.3 is 4.74 Å². The van der Waals surface area contributed by atoms with Crippen LogP contribution in [0, 0.1) is 6.92 Å². The minimum absolute atomic E-state index is 0.181. The predicted molar refractivity (Wildman–Crippen MR) is 61.5 cm³/mol. The average Bonchev–Trinajstić information content (AvgIpc) is 2.24. The van der Waals surface area contributed by atoms with E-state index in [1.54, 1.807) is 0 Å². The molecule has 0 N–H and O–H groups in total. The van der Waals surface area contributed by atoms with Crippen molar-refractivity contribution in [3.05, 3.63) is 33.8 Å². The molecule has 0 radical (unpaired) electrons. The molecule has 0 spiro atoms. The largest absolute Gasteiger partial charge is 0.469 e. The molecule has 0 aliphatic carbocycles. The van der Waals surface area contributed by atoms with E-state index in [1.165, 1.54) is 7.11 Å². The van der Waals surface area contributed by atoms with Gasteiger partial charge in [-0.15, -0.1) is 11.6 Å². The zero-order valence-corrected chi connectivity index (χ0v) is 10.2. The molecule has 4 heteroatoms. The van der Waals surface area contributed by atoms with Gasteiger partial charge in [-0.1, -0.05) is 23.7 Å². The fraction of sp³-hybridized carbons (Fsp3) is 0.364. The second kappa shape index (κ2) is 5.38. The lowest BCUT2D eigenvalue weighted by Crippen LogP contribution is -2.06. The lowest BCUT2D eigenvalue weighted by Gasteiger charge is -2.08. The summed E-state index contributed by atoms with van der Waals surface area (Å²) in [6, 6.07) is 3.75. The number of hydrogen-bond acceptors (Lipinski definition) is 2. The number of ether oxygens (including phenoxy) is 1. The van der Waals surface area contributed by atoms with E-state index in [0.29, 0.717) is 10.9 Å². The molecule has 0 aromatic heterocycles. The molecule has 0 bridgehead atoms. The Morgan fingerprint density at radius 3 is 2.67 bits per heavy atom. The first-order valence-corrected chi connectivity index (χ1v) is 5.40. The first-order valence-electron chi connectivity index (χ1n) is 4.49. The van der Waals surface area contributed by atoms with E-state index >= 15 is 0 Å². The molecule has 82 valence electrons. The van der Waals surface area contributed by atoms with Gasteiger partial charge in [0.05, 0.1) is 13.5 Å². The summed E-state index contributed by atoms with van der Waals surface area (Å²) in [7, 11) is 1.36. The molecule has 0 heterocycles. The minimum Gasteiger partial charge on any atom is -0.469 e. The van der Waals surface area contributed by atoms with Crippen LogP contribution in [0.2, 0.25) is 5.02 Å². The summed E-state index contributed by atoms with van der Waals surface area (Å²) in [6.45, 7) is 1.89. The Morgan fingerprint density at radius 2 is 2.13 bits per heavy atom. The molecule has 0 saturated heterocycles. The van der Waals surface area contributed by atoms with Gasteiger partial charge in [-0.05, 0) is 23.6 Å². The zero-order chi connectivity index (χ0) is 11.4. The molecule has 0 aliphatic rings. The van der Waals surface area contributed by atoms with Crippen molar-refractivity contribution in [1.82, 2.24) is 0 Å². The highest BCUT2D eigenvalue weighted by Crippen LogP contribution is 2.24. The van der Waals surface area contributed by atoms with Crippen molar-refractivity contribution < 1.29 is 9.53 Å². The van der Waals surface area contributed by atoms with Crippen LogP contribution >= 0.6 is 23.2 Å². The molecule has 0 atom stereocenters. The van der Waals surface area contributed by atoms with E-state index < -0.39 is 0 Å². The van der Waals surface area contributed by atoms with Crippen molar-refractivity contribution in [2.24, 2.45) is 0 Å². The highest BCUT2D eigenvalue weighted by Gasteiger charge is 2.10. The van der Waals surface area contributed by atoms with Crippen LogP contribution < -0.4 is 0 Å². The number of esters is 1. The molecule has 15 heavy (non-hydrogen) atoms. The molecule has 0 fully saturated rings. The molecule has 1 aromatic carbocycles. The van der Waals surface area contributed by atoms with Crippen LogP contribution in [-0.2, 0) is 21.8 Å². The summed E-state index contributed by atoms with van der Waals surface area (Å²) >= 11 is 11.8. The van der Waals surface area contributed by atoms with Gasteiger partial charge in [-0.2, -0.15) is 0 Å². The number of carbonyl (C=O) groups is 1. The Hall–Kier alpha value is -0.730. The molecule has 1 aromatic rings. The van der Waals surface area contributed by atoms with Crippen molar-refractivity contribution in [1.29, 1.82) is 0 Å². The van der Waals surface area contributed by atoms with Gasteiger partial charge in [0.1, 0.15) is 0 Å². The van der Waals surface area contributed by atoms with Crippen molar-refractivity contribution in [3.8, 4) is 0 Å². The quantitative estimate of drug-likeness (QED) is 0.606. The predicted octanol–water partition coefficient (Wildman–Crippen LogP) is 3.10. The number of alkyl halides is 1. The Morgan fingerprint density at radius 1 is 1.47 bits per heavy atom. The van der Waals surface area contributed by atoms with Crippen LogP contribution in [0.3, 0.4) is 0 Å². The summed E-state index contributed by atoms with van der Waals surface area (Å²) in [6.07, 6.45) is 0.181. The summed E-state index contributed by atoms with van der Waals surface area (Å²) in [5, 5.41) is 0.606. The molecular weight excluding hydrogens is 235 g/mol. The van der Waals surface area contributed by atoms with Crippen molar-refractivity contribution in [3.63, 3.8) is 0 Å². The van der Waals surface area contributed by atoms with E-state index in [0.717, 1.165) is 16.7 Å². The van der Waals surface area contributed by atoms with E-state index in [2.05, 4.69) is 4.74 Å². The van der Waals surface area contributed by atoms with E-state index in [1.807, 2.05) is 19.1 Å². The van der Waals surface area contributed by atoms with Crippen molar-refractivity contribution in [2.75, 3.05) is 7.11 Å². The Balaban J connectivity index is 3.05.